The molecule has 21 heavy (non-hydrogen) atoms. The van der Waals surface area contributed by atoms with Gasteiger partial charge in [-0.3, -0.25) is 4.79 Å². The molecule has 5 nitrogen and oxygen atoms in total. The molecule has 0 saturated carbocycles. The first-order valence-electron chi connectivity index (χ1n) is 6.97. The SMILES string of the molecule is NCC1CCN(C(=O)c2cnn(-c3ccc(Br)cc3)c2)C1. The van der Waals surface area contributed by atoms with E-state index < -0.39 is 0 Å². The van der Waals surface area contributed by atoms with Crippen molar-refractivity contribution in [2.24, 2.45) is 11.7 Å². The van der Waals surface area contributed by atoms with Gasteiger partial charge in [-0.05, 0) is 43.1 Å². The Morgan fingerprint density at radius 3 is 2.81 bits per heavy atom. The summed E-state index contributed by atoms with van der Waals surface area (Å²) in [5.74, 6) is 0.463. The summed E-state index contributed by atoms with van der Waals surface area (Å²) in [5, 5.41) is 4.28. The van der Waals surface area contributed by atoms with E-state index in [0.717, 1.165) is 29.7 Å². The summed E-state index contributed by atoms with van der Waals surface area (Å²) in [4.78, 5) is 14.3. The maximum atomic E-state index is 12.4. The molecule has 110 valence electrons. The van der Waals surface area contributed by atoms with Crippen molar-refractivity contribution in [3.05, 3.63) is 46.7 Å². The topological polar surface area (TPSA) is 64.2 Å². The van der Waals surface area contributed by atoms with Crippen LogP contribution in [0.15, 0.2) is 41.1 Å². The monoisotopic (exact) mass is 348 g/mol. The minimum Gasteiger partial charge on any atom is -0.338 e. The molecule has 0 spiro atoms. The molecule has 3 rings (SSSR count). The number of likely N-dealkylation sites (tertiary alicyclic amines) is 1. The molecule has 2 aromatic rings. The van der Waals surface area contributed by atoms with Crippen LogP contribution in [-0.2, 0) is 0 Å². The first kappa shape index (κ1) is 14.3. The van der Waals surface area contributed by atoms with E-state index in [2.05, 4.69) is 21.0 Å². The Kier molecular flexibility index (Phi) is 4.07. The third kappa shape index (κ3) is 3.01. The quantitative estimate of drug-likeness (QED) is 0.923. The minimum absolute atomic E-state index is 0.0364. The van der Waals surface area contributed by atoms with Crippen LogP contribution in [0.1, 0.15) is 16.8 Å². The van der Waals surface area contributed by atoms with Gasteiger partial charge in [0.05, 0.1) is 17.4 Å². The first-order chi connectivity index (χ1) is 10.2. The van der Waals surface area contributed by atoms with E-state index in [1.165, 1.54) is 0 Å². The molecule has 1 aromatic heterocycles. The van der Waals surface area contributed by atoms with Gasteiger partial charge < -0.3 is 10.6 Å². The lowest BCUT2D eigenvalue weighted by Crippen LogP contribution is -2.29. The second-order valence-corrected chi connectivity index (χ2v) is 6.21. The van der Waals surface area contributed by atoms with Gasteiger partial charge in [0, 0.05) is 23.8 Å². The number of carbonyl (C=O) groups excluding carboxylic acids is 1. The van der Waals surface area contributed by atoms with Crippen molar-refractivity contribution in [2.45, 2.75) is 6.42 Å². The summed E-state index contributed by atoms with van der Waals surface area (Å²) in [6.07, 6.45) is 4.39. The van der Waals surface area contributed by atoms with Crippen LogP contribution in [0.25, 0.3) is 5.69 Å². The number of benzene rings is 1. The number of nitrogens with two attached hydrogens (primary N) is 1. The van der Waals surface area contributed by atoms with Crippen molar-refractivity contribution in [3.8, 4) is 5.69 Å². The molecule has 0 aliphatic carbocycles. The molecule has 1 atom stereocenters. The van der Waals surface area contributed by atoms with Crippen LogP contribution in [0.4, 0.5) is 0 Å². The van der Waals surface area contributed by atoms with Gasteiger partial charge in [-0.2, -0.15) is 5.10 Å². The zero-order valence-corrected chi connectivity index (χ0v) is 13.2. The highest BCUT2D eigenvalue weighted by molar-refractivity contribution is 9.10. The normalized spacial score (nSPS) is 18.2. The lowest BCUT2D eigenvalue weighted by Gasteiger charge is -2.14. The standard InChI is InChI=1S/C15H17BrN4O/c16-13-1-3-14(4-2-13)20-10-12(8-18-20)15(21)19-6-5-11(7-17)9-19/h1-4,8,10-11H,5-7,9,17H2. The van der Waals surface area contributed by atoms with Gasteiger partial charge in [0.15, 0.2) is 0 Å². The third-order valence-electron chi connectivity index (χ3n) is 3.83. The smallest absolute Gasteiger partial charge is 0.257 e. The molecule has 1 aliphatic rings. The lowest BCUT2D eigenvalue weighted by atomic mass is 10.1. The van der Waals surface area contributed by atoms with Gasteiger partial charge >= 0.3 is 0 Å². The fourth-order valence-electron chi connectivity index (χ4n) is 2.56. The Bertz CT molecular complexity index is 637. The lowest BCUT2D eigenvalue weighted by molar-refractivity contribution is 0.0787. The summed E-state index contributed by atoms with van der Waals surface area (Å²) >= 11 is 3.40. The molecule has 0 radical (unpaired) electrons. The molecule has 1 aromatic carbocycles. The summed E-state index contributed by atoms with van der Waals surface area (Å²) in [5.41, 5.74) is 7.22. The van der Waals surface area contributed by atoms with Crippen molar-refractivity contribution in [3.63, 3.8) is 0 Å². The fourth-order valence-corrected chi connectivity index (χ4v) is 2.82. The van der Waals surface area contributed by atoms with Gasteiger partial charge in [0.2, 0.25) is 0 Å². The van der Waals surface area contributed by atoms with E-state index in [1.54, 1.807) is 17.1 Å². The van der Waals surface area contributed by atoms with Crippen molar-refractivity contribution in [2.75, 3.05) is 19.6 Å². The van der Waals surface area contributed by atoms with Crippen LogP contribution in [0.2, 0.25) is 0 Å². The number of rotatable bonds is 3. The molecule has 2 heterocycles. The highest BCUT2D eigenvalue weighted by Crippen LogP contribution is 2.19. The van der Waals surface area contributed by atoms with E-state index in [9.17, 15) is 4.79 Å². The number of aromatic nitrogens is 2. The minimum atomic E-state index is 0.0364. The Morgan fingerprint density at radius 1 is 1.38 bits per heavy atom. The number of halogens is 1. The third-order valence-corrected chi connectivity index (χ3v) is 4.36. The Morgan fingerprint density at radius 2 is 2.14 bits per heavy atom. The summed E-state index contributed by atoms with van der Waals surface area (Å²) < 4.78 is 2.73. The number of carbonyl (C=O) groups is 1. The first-order valence-corrected chi connectivity index (χ1v) is 7.76. The zero-order valence-electron chi connectivity index (χ0n) is 11.6. The molecular formula is C15H17BrN4O. The van der Waals surface area contributed by atoms with E-state index in [1.807, 2.05) is 29.2 Å². The second-order valence-electron chi connectivity index (χ2n) is 5.29. The maximum Gasteiger partial charge on any atom is 0.257 e. The summed E-state index contributed by atoms with van der Waals surface area (Å²) in [6.45, 7) is 2.17. The van der Waals surface area contributed by atoms with Crippen molar-refractivity contribution < 1.29 is 4.79 Å². The molecule has 2 N–H and O–H groups in total. The molecule has 1 saturated heterocycles. The van der Waals surface area contributed by atoms with Crippen LogP contribution >= 0.6 is 15.9 Å². The maximum absolute atomic E-state index is 12.4. The molecule has 6 heteroatoms. The molecular weight excluding hydrogens is 332 g/mol. The molecule has 1 unspecified atom stereocenters. The Labute approximate surface area is 131 Å². The van der Waals surface area contributed by atoms with Gasteiger partial charge in [-0.25, -0.2) is 4.68 Å². The average molecular weight is 349 g/mol. The van der Waals surface area contributed by atoms with Gasteiger partial charge in [0.1, 0.15) is 0 Å². The summed E-state index contributed by atoms with van der Waals surface area (Å²) in [7, 11) is 0. The highest BCUT2D eigenvalue weighted by atomic mass is 79.9. The van der Waals surface area contributed by atoms with Gasteiger partial charge in [-0.15, -0.1) is 0 Å². The molecule has 0 bridgehead atoms. The number of nitrogens with zero attached hydrogens (tertiary/aromatic N) is 3. The molecule has 1 amide bonds. The second kappa shape index (κ2) is 5.99. The van der Waals surface area contributed by atoms with E-state index >= 15 is 0 Å². The van der Waals surface area contributed by atoms with Gasteiger partial charge in [0.25, 0.3) is 5.91 Å². The molecule has 1 fully saturated rings. The Balaban J connectivity index is 1.75. The largest absolute Gasteiger partial charge is 0.338 e. The van der Waals surface area contributed by atoms with E-state index in [0.29, 0.717) is 18.0 Å². The van der Waals surface area contributed by atoms with Crippen molar-refractivity contribution in [1.29, 1.82) is 0 Å². The van der Waals surface area contributed by atoms with Crippen LogP contribution in [0.5, 0.6) is 0 Å². The van der Waals surface area contributed by atoms with Gasteiger partial charge in [-0.1, -0.05) is 15.9 Å². The highest BCUT2D eigenvalue weighted by Gasteiger charge is 2.26. The predicted molar refractivity (Wildman–Crippen MR) is 84.3 cm³/mol. The number of amides is 1. The van der Waals surface area contributed by atoms with E-state index in [4.69, 9.17) is 5.73 Å². The predicted octanol–water partition coefficient (Wildman–Crippen LogP) is 2.06. The van der Waals surface area contributed by atoms with Crippen LogP contribution < -0.4 is 5.73 Å². The van der Waals surface area contributed by atoms with Crippen molar-refractivity contribution in [1.82, 2.24) is 14.7 Å². The Hall–Kier alpha value is -1.66. The zero-order chi connectivity index (χ0) is 14.8. The number of hydrogen-bond donors (Lipinski definition) is 1. The van der Waals surface area contributed by atoms with E-state index in [-0.39, 0.29) is 5.91 Å². The van der Waals surface area contributed by atoms with Crippen molar-refractivity contribution >= 4 is 21.8 Å². The van der Waals surface area contributed by atoms with Crippen LogP contribution in [0, 0.1) is 5.92 Å². The van der Waals surface area contributed by atoms with Crippen LogP contribution in [-0.4, -0.2) is 40.2 Å². The average Bonchev–Trinajstić information content (AvgIpc) is 3.16. The van der Waals surface area contributed by atoms with Crippen LogP contribution in [0.3, 0.4) is 0 Å². The fraction of sp³-hybridized carbons (Fsp3) is 0.333. The summed E-state index contributed by atoms with van der Waals surface area (Å²) in [6, 6.07) is 7.80. The molecule has 1 aliphatic heterocycles. The number of hydrogen-bond acceptors (Lipinski definition) is 3.